The fourth-order valence-corrected chi connectivity index (χ4v) is 6.35. The lowest BCUT2D eigenvalue weighted by atomic mass is 10.0. The molecule has 3 aromatic carbocycles. The van der Waals surface area contributed by atoms with Crippen LogP contribution in [0.15, 0.2) is 54.6 Å². The van der Waals surface area contributed by atoms with Crippen LogP contribution in [0.4, 0.5) is 0 Å². The molecule has 10 nitrogen and oxygen atoms in total. The highest BCUT2D eigenvalue weighted by atomic mass is 31.2. The van der Waals surface area contributed by atoms with E-state index in [0.717, 1.165) is 50.1 Å². The van der Waals surface area contributed by atoms with Crippen molar-refractivity contribution in [3.05, 3.63) is 105 Å². The Balaban J connectivity index is 1.87. The minimum Gasteiger partial charge on any atom is -0.330 e. The third-order valence-electron chi connectivity index (χ3n) is 7.10. The molecule has 0 aliphatic rings. The van der Waals surface area contributed by atoms with Gasteiger partial charge in [0.1, 0.15) is 0 Å². The summed E-state index contributed by atoms with van der Waals surface area (Å²) in [6.45, 7) is 3.19. The maximum Gasteiger partial charge on any atom is 0.475 e. The zero-order valence-electron chi connectivity index (χ0n) is 25.8. The van der Waals surface area contributed by atoms with Crippen LogP contribution in [0.1, 0.15) is 50.1 Å². The highest BCUT2D eigenvalue weighted by Crippen LogP contribution is 2.52. The fourth-order valence-electron chi connectivity index (χ4n) is 5.21. The number of hydrogen-bond donors (Lipinski definition) is 6. The minimum atomic E-state index is -4.05. The highest BCUT2D eigenvalue weighted by molar-refractivity contribution is 7.48. The van der Waals surface area contributed by atoms with Crippen molar-refractivity contribution in [1.82, 2.24) is 0 Å². The molecule has 0 aliphatic heterocycles. The van der Waals surface area contributed by atoms with Crippen molar-refractivity contribution in [1.29, 1.82) is 0 Å². The van der Waals surface area contributed by atoms with E-state index < -0.39 is 7.82 Å². The van der Waals surface area contributed by atoms with Crippen molar-refractivity contribution in [2.75, 3.05) is 39.3 Å². The molecule has 0 bridgehead atoms. The Hall–Kier alpha value is -2.47. The Morgan fingerprint density at radius 2 is 0.545 bits per heavy atom. The van der Waals surface area contributed by atoms with Crippen molar-refractivity contribution in [3.63, 3.8) is 0 Å². The van der Waals surface area contributed by atoms with Gasteiger partial charge in [-0.25, -0.2) is 4.57 Å². The maximum absolute atomic E-state index is 14.2. The Morgan fingerprint density at radius 3 is 0.727 bits per heavy atom. The predicted octanol–water partition coefficient (Wildman–Crippen LogP) is 2.75. The van der Waals surface area contributed by atoms with Gasteiger partial charge in [-0.1, -0.05) is 54.6 Å². The number of rotatable bonds is 21. The molecule has 0 atom stereocenters. The molecule has 0 unspecified atom stereocenters. The van der Waals surface area contributed by atoms with Crippen LogP contribution in [-0.2, 0) is 76.5 Å². The first kappa shape index (κ1) is 36.0. The van der Waals surface area contributed by atoms with Crippen LogP contribution in [0.2, 0.25) is 0 Å². The standard InChI is InChI=1S/C33H51N6O4P/c34-7-1-25-13-26(2-8-35)17-31(16-25)22-41-44(40,42-23-32-18-27(3-9-36)14-28(19-32)4-10-37)43-24-33-20-29(5-11-38)15-30(21-33)6-12-39/h13-21H,1-12,22-24,34-39H2. The normalized spacial score (nSPS) is 11.8. The van der Waals surface area contributed by atoms with E-state index in [4.69, 9.17) is 48.0 Å². The van der Waals surface area contributed by atoms with Crippen LogP contribution >= 0.6 is 7.82 Å². The van der Waals surface area contributed by atoms with Gasteiger partial charge >= 0.3 is 7.82 Å². The SMILES string of the molecule is NCCc1cc(CCN)cc(COP(=O)(OCc2cc(CCN)cc(CCN)c2)OCc2cc(CCN)cc(CCN)c2)c1. The van der Waals surface area contributed by atoms with E-state index in [-0.39, 0.29) is 19.8 Å². The Kier molecular flexibility index (Phi) is 15.7. The lowest BCUT2D eigenvalue weighted by Crippen LogP contribution is -2.09. The molecule has 11 heteroatoms. The molecule has 12 N–H and O–H groups in total. The summed E-state index contributed by atoms with van der Waals surface area (Å²) in [5.74, 6) is 0. The second kappa shape index (κ2) is 19.1. The number of phosphoric ester groups is 1. The van der Waals surface area contributed by atoms with Crippen LogP contribution in [0.5, 0.6) is 0 Å². The van der Waals surface area contributed by atoms with Crippen LogP contribution in [0, 0.1) is 0 Å². The van der Waals surface area contributed by atoms with E-state index in [2.05, 4.69) is 18.2 Å². The van der Waals surface area contributed by atoms with Gasteiger partial charge in [-0.3, -0.25) is 13.6 Å². The topological polar surface area (TPSA) is 201 Å². The van der Waals surface area contributed by atoms with Gasteiger partial charge in [-0.15, -0.1) is 0 Å². The molecule has 0 saturated carbocycles. The molecular formula is C33H51N6O4P. The predicted molar refractivity (Wildman–Crippen MR) is 178 cm³/mol. The Labute approximate surface area is 262 Å². The average molecular weight is 627 g/mol. The molecule has 0 heterocycles. The van der Waals surface area contributed by atoms with Crippen molar-refractivity contribution < 1.29 is 18.1 Å². The zero-order valence-corrected chi connectivity index (χ0v) is 26.7. The second-order valence-electron chi connectivity index (χ2n) is 11.0. The van der Waals surface area contributed by atoms with Crippen LogP contribution in [0.3, 0.4) is 0 Å². The number of hydrogen-bond acceptors (Lipinski definition) is 10. The summed E-state index contributed by atoms with van der Waals surface area (Å²) in [7, 11) is -4.05. The Morgan fingerprint density at radius 1 is 0.364 bits per heavy atom. The van der Waals surface area contributed by atoms with Crippen LogP contribution in [-0.4, -0.2) is 39.3 Å². The van der Waals surface area contributed by atoms with E-state index in [1.54, 1.807) is 0 Å². The maximum atomic E-state index is 14.2. The van der Waals surface area contributed by atoms with Crippen molar-refractivity contribution >= 4 is 7.82 Å². The molecule has 0 amide bonds. The van der Waals surface area contributed by atoms with Gasteiger partial charge in [-0.05, 0) is 128 Å². The van der Waals surface area contributed by atoms with Gasteiger partial charge in [0.15, 0.2) is 0 Å². The first-order valence-electron chi connectivity index (χ1n) is 15.4. The number of nitrogens with two attached hydrogens (primary N) is 6. The summed E-state index contributed by atoms with van der Waals surface area (Å²) in [6.07, 6.45) is 4.28. The van der Waals surface area contributed by atoms with Crippen molar-refractivity contribution in [3.8, 4) is 0 Å². The van der Waals surface area contributed by atoms with E-state index in [1.165, 1.54) is 0 Å². The minimum absolute atomic E-state index is 0.0323. The largest absolute Gasteiger partial charge is 0.475 e. The van der Waals surface area contributed by atoms with E-state index >= 15 is 0 Å². The van der Waals surface area contributed by atoms with E-state index in [1.807, 2.05) is 36.4 Å². The summed E-state index contributed by atoms with van der Waals surface area (Å²) in [5.41, 5.74) is 43.9. The van der Waals surface area contributed by atoms with Crippen molar-refractivity contribution in [2.45, 2.75) is 58.3 Å². The third kappa shape index (κ3) is 12.1. The lowest BCUT2D eigenvalue weighted by Gasteiger charge is -2.20. The van der Waals surface area contributed by atoms with E-state index in [0.29, 0.717) is 77.8 Å². The summed E-state index contributed by atoms with van der Waals surface area (Å²) in [6, 6.07) is 18.3. The van der Waals surface area contributed by atoms with Gasteiger partial charge < -0.3 is 34.4 Å². The first-order valence-corrected chi connectivity index (χ1v) is 16.9. The molecular weight excluding hydrogens is 575 g/mol. The summed E-state index contributed by atoms with van der Waals surface area (Å²) in [4.78, 5) is 0. The second-order valence-corrected chi connectivity index (χ2v) is 12.6. The van der Waals surface area contributed by atoms with E-state index in [9.17, 15) is 4.57 Å². The summed E-state index contributed by atoms with van der Waals surface area (Å²) >= 11 is 0. The highest BCUT2D eigenvalue weighted by Gasteiger charge is 2.28. The molecule has 0 aliphatic carbocycles. The van der Waals surface area contributed by atoms with Crippen LogP contribution in [0.25, 0.3) is 0 Å². The van der Waals surface area contributed by atoms with Gasteiger partial charge in [0.2, 0.25) is 0 Å². The Bertz CT molecular complexity index is 1120. The lowest BCUT2D eigenvalue weighted by molar-refractivity contribution is 0.0977. The van der Waals surface area contributed by atoms with Gasteiger partial charge in [-0.2, -0.15) is 0 Å². The number of benzene rings is 3. The zero-order chi connectivity index (χ0) is 31.8. The molecule has 0 radical (unpaired) electrons. The molecule has 0 fully saturated rings. The van der Waals surface area contributed by atoms with Crippen molar-refractivity contribution in [2.24, 2.45) is 34.4 Å². The number of phosphoric acid groups is 1. The summed E-state index contributed by atoms with van der Waals surface area (Å²) < 4.78 is 32.2. The third-order valence-corrected chi connectivity index (χ3v) is 8.44. The molecule has 0 spiro atoms. The quantitative estimate of drug-likeness (QED) is 0.0955. The van der Waals surface area contributed by atoms with Crippen LogP contribution < -0.4 is 34.4 Å². The average Bonchev–Trinajstić information content (AvgIpc) is 2.99. The molecule has 44 heavy (non-hydrogen) atoms. The van der Waals surface area contributed by atoms with Gasteiger partial charge in [0, 0.05) is 0 Å². The molecule has 3 rings (SSSR count). The van der Waals surface area contributed by atoms with Gasteiger partial charge in [0.05, 0.1) is 19.8 Å². The first-order chi connectivity index (χ1) is 21.3. The van der Waals surface area contributed by atoms with Gasteiger partial charge in [0.25, 0.3) is 0 Å². The molecule has 0 saturated heterocycles. The summed E-state index contributed by atoms with van der Waals surface area (Å²) in [5, 5.41) is 0. The smallest absolute Gasteiger partial charge is 0.330 e. The molecule has 242 valence electrons. The fraction of sp³-hybridized carbons (Fsp3) is 0.455. The monoisotopic (exact) mass is 626 g/mol. The molecule has 3 aromatic rings. The molecule has 0 aromatic heterocycles.